The Labute approximate surface area is 148 Å². The lowest BCUT2D eigenvalue weighted by atomic mass is 10.2. The van der Waals surface area contributed by atoms with Gasteiger partial charge in [-0.15, -0.1) is 0 Å². The Bertz CT molecular complexity index is 734. The standard InChI is InChI=1S/C17H17BrN2O4/c1-22-13-7-8-14(18)12(9-13)10-19-20-17(21)11-24-16-6-4-3-5-15(16)23-2/h3-10H,11H2,1-2H3,(H,20,21)/b19-10+. The Morgan fingerprint density at radius 2 is 1.92 bits per heavy atom. The van der Waals surface area contributed by atoms with Crippen LogP contribution < -0.4 is 19.6 Å². The number of hydrogen-bond acceptors (Lipinski definition) is 5. The highest BCUT2D eigenvalue weighted by Gasteiger charge is 2.06. The second-order valence-corrected chi connectivity index (χ2v) is 5.47. The molecule has 0 aromatic heterocycles. The van der Waals surface area contributed by atoms with Crippen molar-refractivity contribution in [2.75, 3.05) is 20.8 Å². The van der Waals surface area contributed by atoms with E-state index in [1.54, 1.807) is 38.5 Å². The number of carbonyl (C=O) groups excluding carboxylic acids is 1. The number of amides is 1. The SMILES string of the molecule is COc1ccc(Br)c(/C=N/NC(=O)COc2ccccc2OC)c1. The second kappa shape index (κ2) is 8.93. The van der Waals surface area contributed by atoms with Gasteiger partial charge in [0, 0.05) is 10.0 Å². The van der Waals surface area contributed by atoms with Crippen molar-refractivity contribution in [1.29, 1.82) is 0 Å². The largest absolute Gasteiger partial charge is 0.497 e. The summed E-state index contributed by atoms with van der Waals surface area (Å²) in [6, 6.07) is 12.6. The molecule has 1 N–H and O–H groups in total. The van der Waals surface area contributed by atoms with Gasteiger partial charge in [0.1, 0.15) is 5.75 Å². The Kier molecular flexibility index (Phi) is 6.62. The Balaban J connectivity index is 1.89. The lowest BCUT2D eigenvalue weighted by Crippen LogP contribution is -2.24. The highest BCUT2D eigenvalue weighted by molar-refractivity contribution is 9.10. The van der Waals surface area contributed by atoms with E-state index in [-0.39, 0.29) is 12.5 Å². The molecule has 2 rings (SSSR count). The van der Waals surface area contributed by atoms with E-state index < -0.39 is 0 Å². The predicted octanol–water partition coefficient (Wildman–Crippen LogP) is 3.00. The number of hydrazone groups is 1. The number of ether oxygens (including phenoxy) is 3. The lowest BCUT2D eigenvalue weighted by Gasteiger charge is -2.09. The summed E-state index contributed by atoms with van der Waals surface area (Å²) >= 11 is 3.41. The average molecular weight is 393 g/mol. The smallest absolute Gasteiger partial charge is 0.277 e. The molecule has 0 aliphatic carbocycles. The van der Waals surface area contributed by atoms with Crippen LogP contribution in [0.4, 0.5) is 0 Å². The maximum Gasteiger partial charge on any atom is 0.277 e. The topological polar surface area (TPSA) is 69.2 Å². The fourth-order valence-electron chi connectivity index (χ4n) is 1.84. The molecule has 0 spiro atoms. The van der Waals surface area contributed by atoms with Gasteiger partial charge in [-0.3, -0.25) is 4.79 Å². The van der Waals surface area contributed by atoms with Crippen LogP contribution in [0.15, 0.2) is 52.0 Å². The van der Waals surface area contributed by atoms with Crippen molar-refractivity contribution in [3.05, 3.63) is 52.5 Å². The number of para-hydroxylation sites is 2. The molecule has 0 saturated heterocycles. The predicted molar refractivity (Wildman–Crippen MR) is 94.9 cm³/mol. The van der Waals surface area contributed by atoms with Crippen LogP contribution in [0, 0.1) is 0 Å². The van der Waals surface area contributed by atoms with Gasteiger partial charge in [0.25, 0.3) is 5.91 Å². The third-order valence-electron chi connectivity index (χ3n) is 3.02. The van der Waals surface area contributed by atoms with Crippen LogP contribution in [0.2, 0.25) is 0 Å². The van der Waals surface area contributed by atoms with Gasteiger partial charge >= 0.3 is 0 Å². The van der Waals surface area contributed by atoms with Crippen molar-refractivity contribution >= 4 is 28.1 Å². The molecule has 7 heteroatoms. The minimum Gasteiger partial charge on any atom is -0.497 e. The van der Waals surface area contributed by atoms with Crippen LogP contribution >= 0.6 is 15.9 Å². The average Bonchev–Trinajstić information content (AvgIpc) is 2.61. The first-order chi connectivity index (χ1) is 11.6. The van der Waals surface area contributed by atoms with Gasteiger partial charge in [-0.05, 0) is 30.3 Å². The van der Waals surface area contributed by atoms with Crippen LogP contribution in [-0.2, 0) is 4.79 Å². The summed E-state index contributed by atoms with van der Waals surface area (Å²) in [4.78, 5) is 11.8. The molecular weight excluding hydrogens is 376 g/mol. The van der Waals surface area contributed by atoms with Crippen molar-refractivity contribution in [1.82, 2.24) is 5.43 Å². The number of nitrogens with one attached hydrogen (secondary N) is 1. The highest BCUT2D eigenvalue weighted by Crippen LogP contribution is 2.25. The molecule has 0 aliphatic heterocycles. The molecule has 0 fully saturated rings. The fourth-order valence-corrected chi connectivity index (χ4v) is 2.18. The van der Waals surface area contributed by atoms with Crippen LogP contribution in [0.3, 0.4) is 0 Å². The molecule has 0 unspecified atom stereocenters. The first-order valence-corrected chi connectivity index (χ1v) is 7.84. The zero-order valence-corrected chi connectivity index (χ0v) is 14.9. The molecule has 24 heavy (non-hydrogen) atoms. The first-order valence-electron chi connectivity index (χ1n) is 7.05. The molecule has 2 aromatic rings. The normalized spacial score (nSPS) is 10.5. The number of methoxy groups -OCH3 is 2. The van der Waals surface area contributed by atoms with E-state index in [0.29, 0.717) is 17.2 Å². The monoisotopic (exact) mass is 392 g/mol. The summed E-state index contributed by atoms with van der Waals surface area (Å²) in [7, 11) is 3.12. The van der Waals surface area contributed by atoms with E-state index in [9.17, 15) is 4.79 Å². The van der Waals surface area contributed by atoms with Gasteiger partial charge in [-0.1, -0.05) is 28.1 Å². The van der Waals surface area contributed by atoms with Crippen LogP contribution in [0.25, 0.3) is 0 Å². The molecule has 2 aromatic carbocycles. The zero-order valence-electron chi connectivity index (χ0n) is 13.3. The van der Waals surface area contributed by atoms with Gasteiger partial charge in [0.15, 0.2) is 18.1 Å². The Morgan fingerprint density at radius 1 is 1.17 bits per heavy atom. The molecule has 0 heterocycles. The van der Waals surface area contributed by atoms with E-state index in [2.05, 4.69) is 26.5 Å². The van der Waals surface area contributed by atoms with Gasteiger partial charge in [-0.25, -0.2) is 5.43 Å². The van der Waals surface area contributed by atoms with E-state index in [0.717, 1.165) is 10.0 Å². The zero-order chi connectivity index (χ0) is 17.4. The van der Waals surface area contributed by atoms with E-state index >= 15 is 0 Å². The number of rotatable bonds is 7. The third kappa shape index (κ3) is 4.99. The van der Waals surface area contributed by atoms with Crippen LogP contribution in [0.5, 0.6) is 17.2 Å². The molecule has 0 aliphatic rings. The minimum atomic E-state index is -0.379. The number of carbonyl (C=O) groups is 1. The molecule has 0 radical (unpaired) electrons. The number of halogens is 1. The number of benzene rings is 2. The quantitative estimate of drug-likeness (QED) is 0.580. The van der Waals surface area contributed by atoms with Gasteiger partial charge < -0.3 is 14.2 Å². The second-order valence-electron chi connectivity index (χ2n) is 4.62. The summed E-state index contributed by atoms with van der Waals surface area (Å²) in [5.41, 5.74) is 3.18. The molecule has 0 saturated carbocycles. The molecule has 1 amide bonds. The lowest BCUT2D eigenvalue weighted by molar-refractivity contribution is -0.123. The van der Waals surface area contributed by atoms with Crippen molar-refractivity contribution in [3.8, 4) is 17.2 Å². The van der Waals surface area contributed by atoms with Crippen molar-refractivity contribution < 1.29 is 19.0 Å². The van der Waals surface area contributed by atoms with Crippen LogP contribution in [-0.4, -0.2) is 32.9 Å². The van der Waals surface area contributed by atoms with Crippen LogP contribution in [0.1, 0.15) is 5.56 Å². The van der Waals surface area contributed by atoms with Gasteiger partial charge in [-0.2, -0.15) is 5.10 Å². The summed E-state index contributed by atoms with van der Waals surface area (Å²) in [5.74, 6) is 1.38. The molecule has 0 bridgehead atoms. The van der Waals surface area contributed by atoms with Gasteiger partial charge in [0.05, 0.1) is 20.4 Å². The van der Waals surface area contributed by atoms with E-state index in [1.165, 1.54) is 6.21 Å². The summed E-state index contributed by atoms with van der Waals surface area (Å²) in [5, 5.41) is 3.91. The Morgan fingerprint density at radius 3 is 2.62 bits per heavy atom. The Hall–Kier alpha value is -2.54. The van der Waals surface area contributed by atoms with Crippen molar-refractivity contribution in [3.63, 3.8) is 0 Å². The summed E-state index contributed by atoms with van der Waals surface area (Å²) in [6.45, 7) is -0.170. The number of nitrogens with zero attached hydrogens (tertiary/aromatic N) is 1. The maximum absolute atomic E-state index is 11.8. The molecular formula is C17H17BrN2O4. The summed E-state index contributed by atoms with van der Waals surface area (Å²) in [6.07, 6.45) is 1.52. The third-order valence-corrected chi connectivity index (χ3v) is 3.75. The van der Waals surface area contributed by atoms with Crippen molar-refractivity contribution in [2.24, 2.45) is 5.10 Å². The molecule has 126 valence electrons. The molecule has 6 nitrogen and oxygen atoms in total. The summed E-state index contributed by atoms with van der Waals surface area (Å²) < 4.78 is 16.5. The van der Waals surface area contributed by atoms with Crippen molar-refractivity contribution in [2.45, 2.75) is 0 Å². The highest BCUT2D eigenvalue weighted by atomic mass is 79.9. The molecule has 0 atom stereocenters. The van der Waals surface area contributed by atoms with E-state index in [4.69, 9.17) is 14.2 Å². The number of hydrogen-bond donors (Lipinski definition) is 1. The minimum absolute atomic E-state index is 0.170. The van der Waals surface area contributed by atoms with Gasteiger partial charge in [0.2, 0.25) is 0 Å². The van der Waals surface area contributed by atoms with E-state index in [1.807, 2.05) is 18.2 Å². The fraction of sp³-hybridized carbons (Fsp3) is 0.176. The first kappa shape index (κ1) is 17.8. The maximum atomic E-state index is 11.8.